The van der Waals surface area contributed by atoms with Crippen LogP contribution in [-0.4, -0.2) is 80.2 Å². The molecule has 10 nitrogen and oxygen atoms in total. The Balaban J connectivity index is 2.93. The molecule has 0 saturated carbocycles. The van der Waals surface area contributed by atoms with E-state index in [1.807, 2.05) is 0 Å². The largest absolute Gasteiger partial charge is 0.481 e. The summed E-state index contributed by atoms with van der Waals surface area (Å²) >= 11 is 0. The van der Waals surface area contributed by atoms with E-state index in [1.165, 1.54) is 6.92 Å². The number of terminal acetylenes is 1. The number of amides is 2. The lowest BCUT2D eigenvalue weighted by Crippen LogP contribution is -2.68. The molecule has 2 amide bonds. The number of carbonyl (C=O) groups excluding carboxylic acids is 2. The highest BCUT2D eigenvalue weighted by Crippen LogP contribution is 2.29. The van der Waals surface area contributed by atoms with E-state index in [0.717, 1.165) is 17.7 Å². The summed E-state index contributed by atoms with van der Waals surface area (Å²) in [5, 5.41) is 41.9. The maximum atomic E-state index is 12.9. The van der Waals surface area contributed by atoms with Gasteiger partial charge in [-0.25, -0.2) is 0 Å². The maximum absolute atomic E-state index is 12.9. The van der Waals surface area contributed by atoms with Crippen molar-refractivity contribution in [2.24, 2.45) is 11.7 Å². The number of rotatable bonds is 9. The molecule has 0 aromatic heterocycles. The zero-order valence-corrected chi connectivity index (χ0v) is 15.8. The van der Waals surface area contributed by atoms with Gasteiger partial charge in [0.1, 0.15) is 18.1 Å². The molecule has 1 heterocycles. The van der Waals surface area contributed by atoms with Gasteiger partial charge in [0.05, 0.1) is 6.10 Å². The minimum atomic E-state index is -1.88. The Labute approximate surface area is 163 Å². The fourth-order valence-electron chi connectivity index (χ4n) is 3.31. The summed E-state index contributed by atoms with van der Waals surface area (Å²) in [5.41, 5.74) is 5.39. The van der Waals surface area contributed by atoms with Gasteiger partial charge in [0.15, 0.2) is 6.23 Å². The molecule has 1 fully saturated rings. The molecular weight excluding hydrogens is 370 g/mol. The second-order valence-corrected chi connectivity index (χ2v) is 6.87. The van der Waals surface area contributed by atoms with Gasteiger partial charge in [0.25, 0.3) is 0 Å². The molecule has 6 atom stereocenters. The summed E-state index contributed by atoms with van der Waals surface area (Å²) in [4.78, 5) is 37.2. The summed E-state index contributed by atoms with van der Waals surface area (Å²) < 4.78 is 0. The number of carboxylic acid groups (broad SMARTS) is 1. The van der Waals surface area contributed by atoms with Crippen LogP contribution in [0, 0.1) is 18.3 Å². The third-order valence-corrected chi connectivity index (χ3v) is 4.87. The van der Waals surface area contributed by atoms with E-state index in [4.69, 9.17) is 12.2 Å². The van der Waals surface area contributed by atoms with Crippen LogP contribution in [0.15, 0.2) is 0 Å². The maximum Gasteiger partial charge on any atom is 0.311 e. The van der Waals surface area contributed by atoms with Crippen molar-refractivity contribution in [2.45, 2.75) is 69.5 Å². The predicted octanol–water partition coefficient (Wildman–Crippen LogP) is -2.01. The second-order valence-electron chi connectivity index (χ2n) is 6.87. The van der Waals surface area contributed by atoms with Gasteiger partial charge in [-0.3, -0.25) is 14.4 Å². The van der Waals surface area contributed by atoms with Crippen molar-refractivity contribution in [3.63, 3.8) is 0 Å². The molecule has 1 aliphatic rings. The van der Waals surface area contributed by atoms with Crippen molar-refractivity contribution < 1.29 is 34.8 Å². The highest BCUT2D eigenvalue weighted by atomic mass is 16.4. The van der Waals surface area contributed by atoms with Crippen molar-refractivity contribution in [1.82, 2.24) is 10.2 Å². The molecule has 7 N–H and O–H groups in total. The quantitative estimate of drug-likeness (QED) is 0.190. The average Bonchev–Trinajstić information content (AvgIpc) is 2.63. The van der Waals surface area contributed by atoms with Crippen LogP contribution in [0.4, 0.5) is 0 Å². The van der Waals surface area contributed by atoms with Gasteiger partial charge in [-0.1, -0.05) is 6.42 Å². The van der Waals surface area contributed by atoms with Gasteiger partial charge in [-0.15, -0.1) is 12.3 Å². The van der Waals surface area contributed by atoms with Crippen molar-refractivity contribution in [3.8, 4) is 12.3 Å². The normalized spacial score (nSPS) is 28.3. The molecule has 0 aromatic carbocycles. The highest BCUT2D eigenvalue weighted by molar-refractivity contribution is 5.89. The van der Waals surface area contributed by atoms with Gasteiger partial charge < -0.3 is 36.4 Å². The minimum absolute atomic E-state index is 0.158. The smallest absolute Gasteiger partial charge is 0.311 e. The Morgan fingerprint density at radius 2 is 1.82 bits per heavy atom. The molecule has 0 bridgehead atoms. The SMILES string of the molecule is C#CCC(NC(=O)CCCCCN)C(=O)N1C(C)C(C(=O)O)C(O)C(O)C1O. The first-order chi connectivity index (χ1) is 13.2. The molecule has 1 rings (SSSR count). The number of nitrogens with two attached hydrogens (primary N) is 1. The van der Waals surface area contributed by atoms with E-state index in [0.29, 0.717) is 13.0 Å². The Hall–Kier alpha value is -2.19. The number of piperidine rings is 1. The number of carboxylic acids is 1. The predicted molar refractivity (Wildman–Crippen MR) is 98.4 cm³/mol. The Morgan fingerprint density at radius 3 is 2.36 bits per heavy atom. The number of aliphatic carboxylic acids is 1. The van der Waals surface area contributed by atoms with Crippen LogP contribution < -0.4 is 11.1 Å². The molecule has 28 heavy (non-hydrogen) atoms. The minimum Gasteiger partial charge on any atom is -0.481 e. The number of hydrogen-bond donors (Lipinski definition) is 6. The number of hydrogen-bond acceptors (Lipinski definition) is 7. The lowest BCUT2D eigenvalue weighted by molar-refractivity contribution is -0.208. The van der Waals surface area contributed by atoms with Gasteiger partial charge in [0, 0.05) is 18.9 Å². The van der Waals surface area contributed by atoms with E-state index < -0.39 is 54.2 Å². The van der Waals surface area contributed by atoms with Crippen molar-refractivity contribution in [1.29, 1.82) is 0 Å². The number of likely N-dealkylation sites (tertiary alicyclic amines) is 1. The first-order valence-corrected chi connectivity index (χ1v) is 9.19. The van der Waals surface area contributed by atoms with Crippen LogP contribution in [-0.2, 0) is 14.4 Å². The topological polar surface area (TPSA) is 173 Å². The molecule has 0 spiro atoms. The van der Waals surface area contributed by atoms with Crippen LogP contribution in [0.1, 0.15) is 39.0 Å². The molecule has 158 valence electrons. The van der Waals surface area contributed by atoms with E-state index in [9.17, 15) is 34.8 Å². The van der Waals surface area contributed by atoms with Gasteiger partial charge in [-0.2, -0.15) is 0 Å². The van der Waals surface area contributed by atoms with Crippen LogP contribution in [0.3, 0.4) is 0 Å². The van der Waals surface area contributed by atoms with E-state index >= 15 is 0 Å². The number of aliphatic hydroxyl groups is 3. The van der Waals surface area contributed by atoms with Crippen LogP contribution in [0.2, 0.25) is 0 Å². The monoisotopic (exact) mass is 399 g/mol. The van der Waals surface area contributed by atoms with Crippen molar-refractivity contribution in [2.75, 3.05) is 6.54 Å². The number of carbonyl (C=O) groups is 3. The fraction of sp³-hybridized carbons (Fsp3) is 0.722. The summed E-state index contributed by atoms with van der Waals surface area (Å²) in [7, 11) is 0. The highest BCUT2D eigenvalue weighted by Gasteiger charge is 2.51. The number of nitrogens with one attached hydrogen (secondary N) is 1. The van der Waals surface area contributed by atoms with Crippen molar-refractivity contribution in [3.05, 3.63) is 0 Å². The molecule has 0 aromatic rings. The average molecular weight is 399 g/mol. The Kier molecular flexibility index (Phi) is 9.34. The molecule has 0 aliphatic carbocycles. The Bertz CT molecular complexity index is 606. The van der Waals surface area contributed by atoms with E-state index in [-0.39, 0.29) is 12.8 Å². The fourth-order valence-corrected chi connectivity index (χ4v) is 3.31. The first-order valence-electron chi connectivity index (χ1n) is 9.19. The molecule has 1 aliphatic heterocycles. The third-order valence-electron chi connectivity index (χ3n) is 4.87. The molecule has 1 saturated heterocycles. The molecule has 0 radical (unpaired) electrons. The first kappa shape index (κ1) is 23.8. The number of nitrogens with zero attached hydrogens (tertiary/aromatic N) is 1. The summed E-state index contributed by atoms with van der Waals surface area (Å²) in [6.07, 6.45) is 1.89. The van der Waals surface area contributed by atoms with Crippen molar-refractivity contribution >= 4 is 17.8 Å². The zero-order chi connectivity index (χ0) is 21.4. The van der Waals surface area contributed by atoms with Gasteiger partial charge in [-0.05, 0) is 26.3 Å². The molecule has 10 heteroatoms. The Morgan fingerprint density at radius 1 is 1.18 bits per heavy atom. The van der Waals surface area contributed by atoms with Gasteiger partial charge in [0.2, 0.25) is 11.8 Å². The van der Waals surface area contributed by atoms with Crippen LogP contribution in [0.5, 0.6) is 0 Å². The number of unbranched alkanes of at least 4 members (excludes halogenated alkanes) is 2. The molecule has 6 unspecified atom stereocenters. The summed E-state index contributed by atoms with van der Waals surface area (Å²) in [6, 6.07) is -2.33. The van der Waals surface area contributed by atoms with E-state index in [1.54, 1.807) is 0 Å². The summed E-state index contributed by atoms with van der Waals surface area (Å²) in [6.45, 7) is 1.85. The van der Waals surface area contributed by atoms with E-state index in [2.05, 4.69) is 11.2 Å². The third kappa shape index (κ3) is 5.65. The second kappa shape index (κ2) is 11.0. The lowest BCUT2D eigenvalue weighted by Gasteiger charge is -2.47. The molecular formula is C18H29N3O7. The number of aliphatic hydroxyl groups excluding tert-OH is 3. The summed E-state index contributed by atoms with van der Waals surface area (Å²) in [5.74, 6) is -1.92. The standard InChI is InChI=1S/C18H29N3O7/c1-3-7-11(20-12(22)8-5-4-6-9-19)16(25)21-10(2)13(18(27)28)14(23)15(24)17(21)26/h1,10-11,13-15,17,23-24,26H,4-9,19H2,2H3,(H,20,22)(H,27,28). The lowest BCUT2D eigenvalue weighted by atomic mass is 9.84. The van der Waals surface area contributed by atoms with Crippen LogP contribution >= 0.6 is 0 Å². The van der Waals surface area contributed by atoms with Gasteiger partial charge >= 0.3 is 5.97 Å². The van der Waals surface area contributed by atoms with Crippen LogP contribution in [0.25, 0.3) is 0 Å². The zero-order valence-electron chi connectivity index (χ0n) is 15.8.